The van der Waals surface area contributed by atoms with Crippen molar-refractivity contribution in [1.82, 2.24) is 9.55 Å². The topological polar surface area (TPSA) is 53.3 Å². The Morgan fingerprint density at radius 2 is 2.00 bits per heavy atom. The minimum atomic E-state index is -0.267. The number of rotatable bonds is 5. The van der Waals surface area contributed by atoms with Gasteiger partial charge in [0.15, 0.2) is 0 Å². The fourth-order valence-electron chi connectivity index (χ4n) is 1.79. The molecule has 0 amide bonds. The molecular formula is C14H16N2O3. The van der Waals surface area contributed by atoms with E-state index in [-0.39, 0.29) is 12.4 Å². The summed E-state index contributed by atoms with van der Waals surface area (Å²) in [6.45, 7) is 0.663. The van der Waals surface area contributed by atoms with Gasteiger partial charge in [0.05, 0.1) is 27.0 Å². The zero-order valence-corrected chi connectivity index (χ0v) is 11.0. The van der Waals surface area contributed by atoms with Gasteiger partial charge in [0, 0.05) is 18.4 Å². The Bertz CT molecular complexity index is 546. The van der Waals surface area contributed by atoms with Crippen molar-refractivity contribution >= 4 is 5.97 Å². The quantitative estimate of drug-likeness (QED) is 0.767. The van der Waals surface area contributed by atoms with Crippen LogP contribution in [0.4, 0.5) is 0 Å². The van der Waals surface area contributed by atoms with E-state index in [4.69, 9.17) is 4.74 Å². The highest BCUT2D eigenvalue weighted by Gasteiger charge is 2.08. The number of carbonyl (C=O) groups is 1. The van der Waals surface area contributed by atoms with Gasteiger partial charge in [0.1, 0.15) is 5.75 Å². The molecule has 0 radical (unpaired) electrons. The Balaban J connectivity index is 2.10. The van der Waals surface area contributed by atoms with Gasteiger partial charge in [0.25, 0.3) is 0 Å². The summed E-state index contributed by atoms with van der Waals surface area (Å²) in [5, 5.41) is 0. The molecule has 0 aliphatic heterocycles. The number of ether oxygens (including phenoxy) is 2. The molecule has 0 aliphatic rings. The summed E-state index contributed by atoms with van der Waals surface area (Å²) >= 11 is 0. The molecule has 5 nitrogen and oxygen atoms in total. The zero-order valence-electron chi connectivity index (χ0n) is 11.0. The average Bonchev–Trinajstić information content (AvgIpc) is 2.86. The number of aromatic nitrogens is 2. The van der Waals surface area contributed by atoms with Crippen LogP contribution in [0.3, 0.4) is 0 Å². The van der Waals surface area contributed by atoms with Crippen molar-refractivity contribution < 1.29 is 14.3 Å². The van der Waals surface area contributed by atoms with Gasteiger partial charge in [0.2, 0.25) is 0 Å². The third-order valence-electron chi connectivity index (χ3n) is 2.86. The fraction of sp³-hybridized carbons (Fsp3) is 0.286. The van der Waals surface area contributed by atoms with Crippen molar-refractivity contribution in [2.24, 2.45) is 0 Å². The molecule has 0 saturated heterocycles. The van der Waals surface area contributed by atoms with Gasteiger partial charge in [-0.1, -0.05) is 12.1 Å². The normalized spacial score (nSPS) is 10.2. The van der Waals surface area contributed by atoms with E-state index < -0.39 is 0 Å². The molecule has 5 heteroatoms. The molecular weight excluding hydrogens is 244 g/mol. The number of esters is 1. The van der Waals surface area contributed by atoms with Crippen LogP contribution in [0, 0.1) is 0 Å². The summed E-state index contributed by atoms with van der Waals surface area (Å²) in [5.74, 6) is 0.556. The van der Waals surface area contributed by atoms with Crippen molar-refractivity contribution in [3.63, 3.8) is 0 Å². The van der Waals surface area contributed by atoms with E-state index in [2.05, 4.69) is 9.72 Å². The van der Waals surface area contributed by atoms with Crippen LogP contribution < -0.4 is 4.74 Å². The van der Waals surface area contributed by atoms with E-state index in [0.717, 1.165) is 17.0 Å². The minimum absolute atomic E-state index is 0.229. The van der Waals surface area contributed by atoms with Crippen LogP contribution >= 0.6 is 0 Å². The first kappa shape index (κ1) is 13.1. The Morgan fingerprint density at radius 3 is 2.63 bits per heavy atom. The Hall–Kier alpha value is -2.30. The second-order valence-corrected chi connectivity index (χ2v) is 4.11. The summed E-state index contributed by atoms with van der Waals surface area (Å²) in [5.41, 5.74) is 1.95. The van der Waals surface area contributed by atoms with Crippen LogP contribution in [0.25, 0.3) is 0 Å². The number of hydrogen-bond donors (Lipinski definition) is 0. The van der Waals surface area contributed by atoms with E-state index in [1.54, 1.807) is 19.6 Å². The summed E-state index contributed by atoms with van der Waals surface area (Å²) < 4.78 is 11.7. The third-order valence-corrected chi connectivity index (χ3v) is 2.86. The second kappa shape index (κ2) is 6.04. The largest absolute Gasteiger partial charge is 0.497 e. The Morgan fingerprint density at radius 1 is 1.26 bits per heavy atom. The maximum Gasteiger partial charge on any atom is 0.311 e. The molecule has 2 rings (SSSR count). The van der Waals surface area contributed by atoms with Gasteiger partial charge in [-0.2, -0.15) is 0 Å². The predicted molar refractivity (Wildman–Crippen MR) is 70.0 cm³/mol. The maximum atomic E-state index is 11.3. The summed E-state index contributed by atoms with van der Waals surface area (Å²) in [6, 6.07) is 7.79. The highest BCUT2D eigenvalue weighted by Crippen LogP contribution is 2.13. The van der Waals surface area contributed by atoms with Gasteiger partial charge in [-0.05, 0) is 17.7 Å². The molecule has 1 aromatic carbocycles. The van der Waals surface area contributed by atoms with Gasteiger partial charge in [-0.3, -0.25) is 4.79 Å². The number of methoxy groups -OCH3 is 2. The number of carbonyl (C=O) groups excluding carboxylic acids is 1. The van der Waals surface area contributed by atoms with Crippen LogP contribution in [0.15, 0.2) is 36.8 Å². The maximum absolute atomic E-state index is 11.3. The standard InChI is InChI=1S/C14H16N2O3/c1-18-13-5-3-11(4-6-13)9-16-10-15-8-12(16)7-14(17)19-2/h3-6,8,10H,7,9H2,1-2H3. The summed E-state index contributed by atoms with van der Waals surface area (Å²) in [4.78, 5) is 15.4. The van der Waals surface area contributed by atoms with Crippen LogP contribution in [-0.4, -0.2) is 29.7 Å². The molecule has 0 unspecified atom stereocenters. The van der Waals surface area contributed by atoms with E-state index in [9.17, 15) is 4.79 Å². The van der Waals surface area contributed by atoms with Gasteiger partial charge in [-0.15, -0.1) is 0 Å². The number of benzene rings is 1. The lowest BCUT2D eigenvalue weighted by Crippen LogP contribution is -2.10. The van der Waals surface area contributed by atoms with E-state index in [0.29, 0.717) is 6.54 Å². The van der Waals surface area contributed by atoms with Gasteiger partial charge < -0.3 is 14.0 Å². The predicted octanol–water partition coefficient (Wildman–Crippen LogP) is 1.66. The SMILES string of the molecule is COC(=O)Cc1cncn1Cc1ccc(OC)cc1. The average molecular weight is 260 g/mol. The first-order chi connectivity index (χ1) is 9.22. The highest BCUT2D eigenvalue weighted by molar-refractivity contribution is 5.71. The van der Waals surface area contributed by atoms with Gasteiger partial charge in [-0.25, -0.2) is 4.98 Å². The molecule has 0 spiro atoms. The monoisotopic (exact) mass is 260 g/mol. The molecule has 1 aromatic heterocycles. The third kappa shape index (κ3) is 3.34. The van der Waals surface area contributed by atoms with Crippen molar-refractivity contribution in [3.8, 4) is 5.75 Å². The van der Waals surface area contributed by atoms with Crippen molar-refractivity contribution in [2.45, 2.75) is 13.0 Å². The van der Waals surface area contributed by atoms with Crippen molar-refractivity contribution in [2.75, 3.05) is 14.2 Å². The number of nitrogens with zero attached hydrogens (tertiary/aromatic N) is 2. The summed E-state index contributed by atoms with van der Waals surface area (Å²) in [7, 11) is 3.02. The van der Waals surface area contributed by atoms with Crippen molar-refractivity contribution in [3.05, 3.63) is 48.0 Å². The Labute approximate surface area is 111 Å². The molecule has 2 aromatic rings. The second-order valence-electron chi connectivity index (χ2n) is 4.11. The first-order valence-electron chi connectivity index (χ1n) is 5.91. The highest BCUT2D eigenvalue weighted by atomic mass is 16.5. The van der Waals surface area contributed by atoms with E-state index in [1.165, 1.54) is 7.11 Å². The molecule has 0 saturated carbocycles. The van der Waals surface area contributed by atoms with E-state index >= 15 is 0 Å². The fourth-order valence-corrected chi connectivity index (χ4v) is 1.79. The zero-order chi connectivity index (χ0) is 13.7. The molecule has 0 aliphatic carbocycles. The van der Waals surface area contributed by atoms with Crippen LogP contribution in [0.2, 0.25) is 0 Å². The molecule has 0 fully saturated rings. The molecule has 0 atom stereocenters. The lowest BCUT2D eigenvalue weighted by atomic mass is 10.2. The number of hydrogen-bond acceptors (Lipinski definition) is 4. The molecule has 19 heavy (non-hydrogen) atoms. The smallest absolute Gasteiger partial charge is 0.311 e. The minimum Gasteiger partial charge on any atom is -0.497 e. The lowest BCUT2D eigenvalue weighted by Gasteiger charge is -2.08. The molecule has 0 N–H and O–H groups in total. The summed E-state index contributed by atoms with van der Waals surface area (Å²) in [6.07, 6.45) is 3.62. The molecule has 0 bridgehead atoms. The van der Waals surface area contributed by atoms with Crippen LogP contribution in [0.1, 0.15) is 11.3 Å². The first-order valence-corrected chi connectivity index (χ1v) is 5.91. The number of imidazole rings is 1. The van der Waals surface area contributed by atoms with Gasteiger partial charge >= 0.3 is 5.97 Å². The van der Waals surface area contributed by atoms with Crippen molar-refractivity contribution in [1.29, 1.82) is 0 Å². The Kier molecular flexibility index (Phi) is 4.18. The molecule has 1 heterocycles. The van der Waals surface area contributed by atoms with Crippen LogP contribution in [0.5, 0.6) is 5.75 Å². The van der Waals surface area contributed by atoms with E-state index in [1.807, 2.05) is 28.8 Å². The molecule has 100 valence electrons. The van der Waals surface area contributed by atoms with Crippen LogP contribution in [-0.2, 0) is 22.5 Å². The lowest BCUT2D eigenvalue weighted by molar-refractivity contribution is -0.139.